The second-order valence-electron chi connectivity index (χ2n) is 9.48. The molecule has 10 heteroatoms. The predicted molar refractivity (Wildman–Crippen MR) is 166 cm³/mol. The van der Waals surface area contributed by atoms with Crippen LogP contribution in [0.25, 0.3) is 17.4 Å². The molecule has 6 rings (SSSR count). The number of anilines is 1. The smallest absolute Gasteiger partial charge is 0.271 e. The lowest BCUT2D eigenvalue weighted by Gasteiger charge is -2.25. The molecule has 0 fully saturated rings. The van der Waals surface area contributed by atoms with Crippen molar-refractivity contribution in [2.45, 2.75) is 13.0 Å². The topological polar surface area (TPSA) is 85.8 Å². The SMILES string of the molecule is COc1cccc([C@@H]2C(C(=O)Nc3ccccc3)=C(C)N=c3s/c(=C\c4ccc(-c5cccc(Cl)c5Cl)o4)c(=O)n32)c1. The number of aromatic nitrogens is 1. The van der Waals surface area contributed by atoms with Gasteiger partial charge in [0.2, 0.25) is 0 Å². The van der Waals surface area contributed by atoms with E-state index in [9.17, 15) is 9.59 Å². The lowest BCUT2D eigenvalue weighted by atomic mass is 9.95. The standard InChI is InChI=1S/C32H23Cl2N3O4S/c1-18-27(30(38)36-20-9-4-3-5-10-20)29(19-8-6-11-21(16-19)40-2)37-31(39)26(42-32(37)35-18)17-22-14-15-25(41-22)23-12-7-13-24(33)28(23)34/h3-17,29H,1-2H3,(H,36,38)/b26-17-/t29-/m1/s1. The Bertz CT molecular complexity index is 2040. The fourth-order valence-corrected chi connectivity index (χ4v) is 6.28. The number of ether oxygens (including phenoxy) is 1. The van der Waals surface area contributed by atoms with Crippen LogP contribution >= 0.6 is 34.5 Å². The van der Waals surface area contributed by atoms with E-state index in [4.69, 9.17) is 37.3 Å². The molecule has 1 N–H and O–H groups in total. The lowest BCUT2D eigenvalue weighted by molar-refractivity contribution is -0.113. The van der Waals surface area contributed by atoms with Crippen molar-refractivity contribution in [2.75, 3.05) is 12.4 Å². The lowest BCUT2D eigenvalue weighted by Crippen LogP contribution is -2.40. The third-order valence-electron chi connectivity index (χ3n) is 6.82. The Morgan fingerprint density at radius 1 is 1.05 bits per heavy atom. The highest BCUT2D eigenvalue weighted by Gasteiger charge is 2.33. The number of carbonyl (C=O) groups excluding carboxylic acids is 1. The van der Waals surface area contributed by atoms with Crippen LogP contribution < -0.4 is 24.9 Å². The Hall–Kier alpha value is -4.37. The summed E-state index contributed by atoms with van der Waals surface area (Å²) in [5, 5.41) is 3.75. The van der Waals surface area contributed by atoms with Gasteiger partial charge < -0.3 is 14.5 Å². The maximum atomic E-state index is 14.0. The number of methoxy groups -OCH3 is 1. The molecule has 7 nitrogen and oxygen atoms in total. The van der Waals surface area contributed by atoms with Gasteiger partial charge in [0.25, 0.3) is 11.5 Å². The zero-order chi connectivity index (χ0) is 29.4. The maximum absolute atomic E-state index is 14.0. The minimum absolute atomic E-state index is 0.303. The van der Waals surface area contributed by atoms with Crippen LogP contribution in [0.15, 0.2) is 110 Å². The van der Waals surface area contributed by atoms with E-state index in [2.05, 4.69) is 5.32 Å². The number of carbonyl (C=O) groups is 1. The van der Waals surface area contributed by atoms with Crippen molar-refractivity contribution in [2.24, 2.45) is 4.99 Å². The van der Waals surface area contributed by atoms with Crippen LogP contribution in [0.4, 0.5) is 5.69 Å². The van der Waals surface area contributed by atoms with E-state index in [0.29, 0.717) is 64.7 Å². The van der Waals surface area contributed by atoms with Gasteiger partial charge in [0, 0.05) is 17.3 Å². The average Bonchev–Trinajstić information content (AvgIpc) is 3.58. The molecule has 0 unspecified atom stereocenters. The number of para-hydroxylation sites is 1. The molecule has 0 saturated carbocycles. The molecule has 3 aromatic carbocycles. The Morgan fingerprint density at radius 3 is 2.62 bits per heavy atom. The van der Waals surface area contributed by atoms with Crippen LogP contribution in [-0.4, -0.2) is 17.6 Å². The van der Waals surface area contributed by atoms with E-state index in [0.717, 1.165) is 0 Å². The van der Waals surface area contributed by atoms with Crippen LogP contribution in [0.5, 0.6) is 5.75 Å². The summed E-state index contributed by atoms with van der Waals surface area (Å²) in [4.78, 5) is 32.9. The average molecular weight is 617 g/mol. The summed E-state index contributed by atoms with van der Waals surface area (Å²) in [6.07, 6.45) is 1.66. The molecule has 0 bridgehead atoms. The predicted octanol–water partition coefficient (Wildman–Crippen LogP) is 6.45. The number of fused-ring (bicyclic) bond motifs is 1. The quantitative estimate of drug-likeness (QED) is 0.238. The van der Waals surface area contributed by atoms with Crippen LogP contribution in [0.1, 0.15) is 24.3 Å². The van der Waals surface area contributed by atoms with E-state index in [1.165, 1.54) is 11.3 Å². The minimum atomic E-state index is -0.736. The first-order valence-electron chi connectivity index (χ1n) is 12.9. The number of amides is 1. The van der Waals surface area contributed by atoms with Gasteiger partial charge in [0.05, 0.1) is 39.0 Å². The molecule has 1 aliphatic rings. The van der Waals surface area contributed by atoms with Crippen molar-refractivity contribution in [3.05, 3.63) is 137 Å². The summed E-state index contributed by atoms with van der Waals surface area (Å²) in [5.41, 5.74) is 2.57. The number of halogens is 2. The van der Waals surface area contributed by atoms with Crippen LogP contribution in [0, 0.1) is 0 Å². The third-order valence-corrected chi connectivity index (χ3v) is 8.63. The summed E-state index contributed by atoms with van der Waals surface area (Å²) in [7, 11) is 1.57. The number of hydrogen-bond acceptors (Lipinski definition) is 6. The van der Waals surface area contributed by atoms with Gasteiger partial charge in [0.15, 0.2) is 4.80 Å². The van der Waals surface area contributed by atoms with Gasteiger partial charge in [-0.25, -0.2) is 4.99 Å². The molecular weight excluding hydrogens is 593 g/mol. The van der Waals surface area contributed by atoms with E-state index >= 15 is 0 Å². The molecule has 0 spiro atoms. The first-order chi connectivity index (χ1) is 20.3. The number of nitrogens with one attached hydrogen (secondary N) is 1. The third kappa shape index (κ3) is 5.20. The van der Waals surface area contributed by atoms with E-state index in [-0.39, 0.29) is 11.5 Å². The molecule has 2 aromatic heterocycles. The van der Waals surface area contributed by atoms with Crippen molar-refractivity contribution in [3.63, 3.8) is 0 Å². The summed E-state index contributed by atoms with van der Waals surface area (Å²) in [6.45, 7) is 1.78. The molecule has 0 radical (unpaired) electrons. The Balaban J connectivity index is 1.47. The molecule has 0 saturated heterocycles. The second-order valence-corrected chi connectivity index (χ2v) is 11.3. The van der Waals surface area contributed by atoms with Crippen LogP contribution in [0.3, 0.4) is 0 Å². The van der Waals surface area contributed by atoms with E-state index in [1.807, 2.05) is 48.5 Å². The van der Waals surface area contributed by atoms with E-state index in [1.54, 1.807) is 61.1 Å². The zero-order valence-electron chi connectivity index (χ0n) is 22.4. The highest BCUT2D eigenvalue weighted by molar-refractivity contribution is 7.07. The number of thiazole rings is 1. The van der Waals surface area contributed by atoms with Gasteiger partial charge in [-0.2, -0.15) is 0 Å². The Labute approximate surface area is 254 Å². The molecule has 0 aliphatic carbocycles. The fourth-order valence-electron chi connectivity index (χ4n) is 4.86. The zero-order valence-corrected chi connectivity index (χ0v) is 24.8. The number of allylic oxidation sites excluding steroid dienone is 1. The minimum Gasteiger partial charge on any atom is -0.497 e. The number of furan rings is 1. The molecule has 42 heavy (non-hydrogen) atoms. The summed E-state index contributed by atoms with van der Waals surface area (Å²) in [5.74, 6) is 1.24. The molecule has 1 atom stereocenters. The summed E-state index contributed by atoms with van der Waals surface area (Å²) < 4.78 is 13.4. The van der Waals surface area contributed by atoms with Crippen molar-refractivity contribution in [1.29, 1.82) is 0 Å². The molecule has 1 aliphatic heterocycles. The van der Waals surface area contributed by atoms with Crippen molar-refractivity contribution in [1.82, 2.24) is 4.57 Å². The van der Waals surface area contributed by atoms with E-state index < -0.39 is 6.04 Å². The van der Waals surface area contributed by atoms with Crippen molar-refractivity contribution < 1.29 is 13.9 Å². The first kappa shape index (κ1) is 27.8. The second kappa shape index (κ2) is 11.5. The van der Waals surface area contributed by atoms with Gasteiger partial charge in [-0.05, 0) is 61.0 Å². The summed E-state index contributed by atoms with van der Waals surface area (Å²) >= 11 is 13.8. The number of rotatable bonds is 6. The van der Waals surface area contributed by atoms with Gasteiger partial charge in [0.1, 0.15) is 17.3 Å². The fraction of sp³-hybridized carbons (Fsp3) is 0.0938. The molecule has 5 aromatic rings. The normalized spacial score (nSPS) is 14.9. The van der Waals surface area contributed by atoms with Gasteiger partial charge in [-0.3, -0.25) is 14.2 Å². The number of hydrogen-bond donors (Lipinski definition) is 1. The largest absolute Gasteiger partial charge is 0.497 e. The highest BCUT2D eigenvalue weighted by Crippen LogP contribution is 2.35. The van der Waals surface area contributed by atoms with Crippen molar-refractivity contribution >= 4 is 52.2 Å². The summed E-state index contributed by atoms with van der Waals surface area (Å²) in [6, 6.07) is 24.6. The van der Waals surface area contributed by atoms with Gasteiger partial charge >= 0.3 is 0 Å². The van der Waals surface area contributed by atoms with Crippen LogP contribution in [0.2, 0.25) is 10.0 Å². The monoisotopic (exact) mass is 615 g/mol. The van der Waals surface area contributed by atoms with Crippen LogP contribution in [-0.2, 0) is 4.79 Å². The Morgan fingerprint density at radius 2 is 1.83 bits per heavy atom. The van der Waals surface area contributed by atoms with Gasteiger partial charge in [-0.15, -0.1) is 0 Å². The molecule has 3 heterocycles. The molecular formula is C32H23Cl2N3O4S. The molecule has 1 amide bonds. The molecule has 210 valence electrons. The first-order valence-corrected chi connectivity index (χ1v) is 14.5. The maximum Gasteiger partial charge on any atom is 0.271 e. The Kier molecular flexibility index (Phi) is 7.60. The number of nitrogens with zero attached hydrogens (tertiary/aromatic N) is 2. The van der Waals surface area contributed by atoms with Gasteiger partial charge in [-0.1, -0.05) is 70.9 Å². The number of benzene rings is 3. The van der Waals surface area contributed by atoms with Crippen molar-refractivity contribution in [3.8, 4) is 17.1 Å². The highest BCUT2D eigenvalue weighted by atomic mass is 35.5.